The molecule has 0 amide bonds. The number of rotatable bonds is 7. The standard InChI is InChI=1S/C29H44O5/c1-8-23-13-14-24-21(10-9-15-28(23,24)7)11-12-22-16-29(32,17-25(30)20(22)4)33-18-26(31)34-27(5,6)19(2)3/h11-13,19,24-25,30,32H,4,8-10,14-18H2,1-3,5-7H3/t24-,25-,28+,29-/m0/s1. The highest BCUT2D eigenvalue weighted by Crippen LogP contribution is 2.55. The SMILES string of the molecule is C=C1C(=CC=C2CCC[C@]3(C)C(CC)=CC[C@@H]23)C[C@](O)(OCC(=O)OC(C)(C)C(C)C)C[C@@H]1O. The highest BCUT2D eigenvalue weighted by Gasteiger charge is 2.44. The van der Waals surface area contributed by atoms with Gasteiger partial charge in [0.2, 0.25) is 0 Å². The van der Waals surface area contributed by atoms with Gasteiger partial charge in [0.1, 0.15) is 12.2 Å². The van der Waals surface area contributed by atoms with E-state index in [1.54, 1.807) is 5.57 Å². The van der Waals surface area contributed by atoms with Crippen molar-refractivity contribution in [1.82, 2.24) is 0 Å². The van der Waals surface area contributed by atoms with Crippen LogP contribution in [-0.4, -0.2) is 40.3 Å². The van der Waals surface area contributed by atoms with E-state index >= 15 is 0 Å². The van der Waals surface area contributed by atoms with E-state index in [0.29, 0.717) is 11.5 Å². The second-order valence-electron chi connectivity index (χ2n) is 11.5. The van der Waals surface area contributed by atoms with E-state index in [-0.39, 0.29) is 30.8 Å². The molecule has 0 spiro atoms. The molecule has 3 aliphatic carbocycles. The zero-order chi connectivity index (χ0) is 25.3. The Morgan fingerprint density at radius 2 is 2.06 bits per heavy atom. The number of allylic oxidation sites excluding steroid dienone is 5. The monoisotopic (exact) mass is 472 g/mol. The molecular weight excluding hydrogens is 428 g/mol. The zero-order valence-corrected chi connectivity index (χ0v) is 21.9. The average molecular weight is 473 g/mol. The summed E-state index contributed by atoms with van der Waals surface area (Å²) in [5, 5.41) is 21.7. The summed E-state index contributed by atoms with van der Waals surface area (Å²) in [6.07, 6.45) is 11.5. The Hall–Kier alpha value is -1.69. The molecule has 4 atom stereocenters. The van der Waals surface area contributed by atoms with Gasteiger partial charge in [-0.15, -0.1) is 0 Å². The summed E-state index contributed by atoms with van der Waals surface area (Å²) in [5.74, 6) is -1.51. The van der Waals surface area contributed by atoms with E-state index in [1.165, 1.54) is 18.4 Å². The van der Waals surface area contributed by atoms with Gasteiger partial charge in [0.05, 0.1) is 6.10 Å². The average Bonchev–Trinajstić information content (AvgIpc) is 3.10. The lowest BCUT2D eigenvalue weighted by atomic mass is 9.64. The molecule has 5 nitrogen and oxygen atoms in total. The molecule has 0 aromatic carbocycles. The molecule has 5 heteroatoms. The number of carbonyl (C=O) groups excluding carboxylic acids is 1. The maximum Gasteiger partial charge on any atom is 0.332 e. The van der Waals surface area contributed by atoms with Crippen LogP contribution < -0.4 is 0 Å². The van der Waals surface area contributed by atoms with Crippen LogP contribution in [0.2, 0.25) is 0 Å². The number of fused-ring (bicyclic) bond motifs is 1. The van der Waals surface area contributed by atoms with Crippen LogP contribution >= 0.6 is 0 Å². The van der Waals surface area contributed by atoms with Crippen molar-refractivity contribution >= 4 is 5.97 Å². The highest BCUT2D eigenvalue weighted by molar-refractivity contribution is 5.71. The van der Waals surface area contributed by atoms with Crippen molar-refractivity contribution < 1.29 is 24.5 Å². The van der Waals surface area contributed by atoms with E-state index in [1.807, 2.05) is 33.8 Å². The summed E-state index contributed by atoms with van der Waals surface area (Å²) in [6, 6.07) is 0. The van der Waals surface area contributed by atoms with E-state index < -0.39 is 23.5 Å². The van der Waals surface area contributed by atoms with Gasteiger partial charge in [-0.1, -0.05) is 63.6 Å². The first-order chi connectivity index (χ1) is 15.8. The van der Waals surface area contributed by atoms with Crippen LogP contribution in [0.15, 0.2) is 47.1 Å². The molecule has 2 saturated carbocycles. The van der Waals surface area contributed by atoms with Gasteiger partial charge in [-0.05, 0) is 74.3 Å². The number of carbonyl (C=O) groups is 1. The Bertz CT molecular complexity index is 892. The molecule has 0 aliphatic heterocycles. The molecule has 0 radical (unpaired) electrons. The zero-order valence-electron chi connectivity index (χ0n) is 21.9. The van der Waals surface area contributed by atoms with Gasteiger partial charge in [-0.3, -0.25) is 0 Å². The number of hydrogen-bond acceptors (Lipinski definition) is 5. The lowest BCUT2D eigenvalue weighted by Gasteiger charge is -2.41. The first-order valence-electron chi connectivity index (χ1n) is 12.9. The minimum atomic E-state index is -1.64. The molecule has 3 aliphatic rings. The summed E-state index contributed by atoms with van der Waals surface area (Å²) in [7, 11) is 0. The summed E-state index contributed by atoms with van der Waals surface area (Å²) in [5.41, 5.74) is 3.99. The van der Waals surface area contributed by atoms with Crippen LogP contribution in [0.5, 0.6) is 0 Å². The van der Waals surface area contributed by atoms with E-state index in [2.05, 4.69) is 32.6 Å². The topological polar surface area (TPSA) is 76.0 Å². The Morgan fingerprint density at radius 3 is 2.71 bits per heavy atom. The lowest BCUT2D eigenvalue weighted by molar-refractivity contribution is -0.229. The van der Waals surface area contributed by atoms with Crippen molar-refractivity contribution in [2.24, 2.45) is 17.3 Å². The van der Waals surface area contributed by atoms with Gasteiger partial charge in [0, 0.05) is 12.8 Å². The maximum absolute atomic E-state index is 12.3. The Morgan fingerprint density at radius 1 is 1.35 bits per heavy atom. The van der Waals surface area contributed by atoms with E-state index in [0.717, 1.165) is 24.8 Å². The van der Waals surface area contributed by atoms with Crippen molar-refractivity contribution in [3.8, 4) is 0 Å². The van der Waals surface area contributed by atoms with Gasteiger partial charge in [0.25, 0.3) is 0 Å². The summed E-state index contributed by atoms with van der Waals surface area (Å²) in [4.78, 5) is 12.3. The number of hydrogen-bond donors (Lipinski definition) is 2. The fourth-order valence-electron chi connectivity index (χ4n) is 5.69. The van der Waals surface area contributed by atoms with Crippen LogP contribution in [0, 0.1) is 17.3 Å². The van der Waals surface area contributed by atoms with Crippen molar-refractivity contribution in [2.45, 2.75) is 104 Å². The fraction of sp³-hybridized carbons (Fsp3) is 0.690. The van der Waals surface area contributed by atoms with Crippen LogP contribution in [0.3, 0.4) is 0 Å². The van der Waals surface area contributed by atoms with Gasteiger partial charge < -0.3 is 19.7 Å². The lowest BCUT2D eigenvalue weighted by Crippen LogP contribution is -2.44. The summed E-state index contributed by atoms with van der Waals surface area (Å²) in [6.45, 7) is 16.0. The van der Waals surface area contributed by atoms with Crippen molar-refractivity contribution in [1.29, 1.82) is 0 Å². The first-order valence-corrected chi connectivity index (χ1v) is 12.9. The summed E-state index contributed by atoms with van der Waals surface area (Å²) >= 11 is 0. The molecule has 0 unspecified atom stereocenters. The Kier molecular flexibility index (Phi) is 8.01. The van der Waals surface area contributed by atoms with Crippen LogP contribution in [0.25, 0.3) is 0 Å². The smallest absolute Gasteiger partial charge is 0.332 e. The summed E-state index contributed by atoms with van der Waals surface area (Å²) < 4.78 is 11.1. The minimum absolute atomic E-state index is 0.0227. The second-order valence-corrected chi connectivity index (χ2v) is 11.5. The normalized spacial score (nSPS) is 34.5. The largest absolute Gasteiger partial charge is 0.458 e. The molecule has 0 bridgehead atoms. The van der Waals surface area contributed by atoms with Crippen LogP contribution in [0.4, 0.5) is 0 Å². The van der Waals surface area contributed by atoms with E-state index in [4.69, 9.17) is 9.47 Å². The van der Waals surface area contributed by atoms with Crippen LogP contribution in [-0.2, 0) is 14.3 Å². The van der Waals surface area contributed by atoms with Gasteiger partial charge >= 0.3 is 5.97 Å². The number of aliphatic hydroxyl groups is 2. The molecule has 2 fully saturated rings. The van der Waals surface area contributed by atoms with Gasteiger partial charge in [-0.25, -0.2) is 4.79 Å². The molecule has 2 N–H and O–H groups in total. The predicted molar refractivity (Wildman–Crippen MR) is 135 cm³/mol. The Balaban J connectivity index is 1.71. The fourth-order valence-corrected chi connectivity index (χ4v) is 5.69. The highest BCUT2D eigenvalue weighted by atomic mass is 16.6. The third-order valence-corrected chi connectivity index (χ3v) is 8.61. The van der Waals surface area contributed by atoms with Crippen LogP contribution in [0.1, 0.15) is 86.5 Å². The van der Waals surface area contributed by atoms with Crippen molar-refractivity contribution in [3.63, 3.8) is 0 Å². The molecule has 3 rings (SSSR count). The Labute approximate surface area is 205 Å². The maximum atomic E-state index is 12.3. The molecule has 0 aromatic rings. The van der Waals surface area contributed by atoms with Crippen molar-refractivity contribution in [2.75, 3.05) is 6.61 Å². The van der Waals surface area contributed by atoms with Gasteiger partial charge in [-0.2, -0.15) is 0 Å². The second kappa shape index (κ2) is 10.1. The number of ether oxygens (including phenoxy) is 2. The predicted octanol–water partition coefficient (Wildman–Crippen LogP) is 5.78. The first kappa shape index (κ1) is 26.9. The number of aliphatic hydroxyl groups excluding tert-OH is 1. The molecule has 0 aromatic heterocycles. The third kappa shape index (κ3) is 5.58. The van der Waals surface area contributed by atoms with Crippen molar-refractivity contribution in [3.05, 3.63) is 47.1 Å². The third-order valence-electron chi connectivity index (χ3n) is 8.61. The molecular formula is C29H44O5. The molecule has 0 heterocycles. The van der Waals surface area contributed by atoms with E-state index in [9.17, 15) is 15.0 Å². The van der Waals surface area contributed by atoms with Gasteiger partial charge in [0.15, 0.2) is 5.79 Å². The molecule has 190 valence electrons. The molecule has 34 heavy (non-hydrogen) atoms. The molecule has 0 saturated heterocycles. The minimum Gasteiger partial charge on any atom is -0.458 e. The quantitative estimate of drug-likeness (QED) is 0.279. The number of esters is 1.